The van der Waals surface area contributed by atoms with Crippen molar-refractivity contribution in [3.63, 3.8) is 0 Å². The van der Waals surface area contributed by atoms with Gasteiger partial charge in [-0.25, -0.2) is 0 Å². The van der Waals surface area contributed by atoms with E-state index in [0.29, 0.717) is 0 Å². The van der Waals surface area contributed by atoms with Gasteiger partial charge >= 0.3 is 0 Å². The molecule has 0 aliphatic heterocycles. The molecule has 0 atom stereocenters. The molecule has 0 aromatic rings. The van der Waals surface area contributed by atoms with Gasteiger partial charge in [0.1, 0.15) is 0 Å². The van der Waals surface area contributed by atoms with Gasteiger partial charge in [0.15, 0.2) is 0 Å². The van der Waals surface area contributed by atoms with Crippen LogP contribution in [0.2, 0.25) is 0 Å². The van der Waals surface area contributed by atoms with Crippen molar-refractivity contribution in [1.29, 1.82) is 0 Å². The first-order valence-electron chi connectivity index (χ1n) is 6.84. The van der Waals surface area contributed by atoms with Gasteiger partial charge in [-0.15, -0.1) is 0 Å². The fourth-order valence-corrected chi connectivity index (χ4v) is 2.78. The lowest BCUT2D eigenvalue weighted by atomic mass is 9.73. The molecule has 0 amide bonds. The average Bonchev–Trinajstić information content (AvgIpc) is 2.20. The molecule has 1 heteroatoms. The van der Waals surface area contributed by atoms with Crippen molar-refractivity contribution >= 4 is 0 Å². The smallest absolute Gasteiger partial charge is 0.0154 e. The zero-order valence-corrected chi connectivity index (χ0v) is 10.9. The van der Waals surface area contributed by atoms with Crippen LogP contribution in [0.5, 0.6) is 0 Å². The molecular weight excluding hydrogens is 182 g/mol. The molecule has 0 unspecified atom stereocenters. The lowest BCUT2D eigenvalue weighted by Gasteiger charge is -2.37. The largest absolute Gasteiger partial charge is 0.325 e. The molecule has 1 aliphatic rings. The zero-order chi connectivity index (χ0) is 11.3. The van der Waals surface area contributed by atoms with E-state index in [1.807, 2.05) is 0 Å². The Labute approximate surface area is 95.8 Å². The van der Waals surface area contributed by atoms with E-state index in [1.54, 1.807) is 0 Å². The minimum atomic E-state index is 0.189. The number of nitrogens with two attached hydrogens (primary N) is 1. The molecule has 1 saturated carbocycles. The van der Waals surface area contributed by atoms with E-state index in [-0.39, 0.29) is 5.54 Å². The van der Waals surface area contributed by atoms with Crippen molar-refractivity contribution in [1.82, 2.24) is 0 Å². The molecule has 15 heavy (non-hydrogen) atoms. The van der Waals surface area contributed by atoms with E-state index in [9.17, 15) is 0 Å². The fourth-order valence-electron chi connectivity index (χ4n) is 2.78. The Bertz CT molecular complexity index is 166. The van der Waals surface area contributed by atoms with Crippen LogP contribution in [0, 0.1) is 11.8 Å². The molecule has 1 fully saturated rings. The zero-order valence-electron chi connectivity index (χ0n) is 10.9. The molecule has 1 aliphatic carbocycles. The first-order valence-corrected chi connectivity index (χ1v) is 6.84. The van der Waals surface area contributed by atoms with Gasteiger partial charge in [-0.3, -0.25) is 0 Å². The van der Waals surface area contributed by atoms with Crippen LogP contribution in [0.1, 0.15) is 72.1 Å². The predicted octanol–water partition coefficient (Wildman–Crippen LogP) is 4.11. The molecule has 1 nitrogen and oxygen atoms in total. The monoisotopic (exact) mass is 211 g/mol. The molecular formula is C14H29N. The molecule has 0 aromatic carbocycles. The third-order valence-corrected chi connectivity index (χ3v) is 4.02. The van der Waals surface area contributed by atoms with E-state index in [0.717, 1.165) is 11.8 Å². The second kappa shape index (κ2) is 5.89. The van der Waals surface area contributed by atoms with Crippen LogP contribution in [-0.2, 0) is 0 Å². The maximum Gasteiger partial charge on any atom is 0.0154 e. The maximum atomic E-state index is 6.47. The summed E-state index contributed by atoms with van der Waals surface area (Å²) in [5, 5.41) is 0. The van der Waals surface area contributed by atoms with Gasteiger partial charge in [-0.1, -0.05) is 33.6 Å². The first kappa shape index (κ1) is 13.0. The van der Waals surface area contributed by atoms with Gasteiger partial charge in [0.2, 0.25) is 0 Å². The molecule has 0 aromatic heterocycles. The highest BCUT2D eigenvalue weighted by atomic mass is 14.7. The lowest BCUT2D eigenvalue weighted by Crippen LogP contribution is -2.43. The van der Waals surface area contributed by atoms with E-state index < -0.39 is 0 Å². The van der Waals surface area contributed by atoms with Crippen molar-refractivity contribution < 1.29 is 0 Å². The highest BCUT2D eigenvalue weighted by Crippen LogP contribution is 2.35. The van der Waals surface area contributed by atoms with Crippen molar-refractivity contribution in [2.24, 2.45) is 17.6 Å². The van der Waals surface area contributed by atoms with Gasteiger partial charge in [0, 0.05) is 5.54 Å². The molecule has 0 spiro atoms. The Kier molecular flexibility index (Phi) is 5.11. The summed E-state index contributed by atoms with van der Waals surface area (Å²) in [6, 6.07) is 0. The minimum Gasteiger partial charge on any atom is -0.325 e. The summed E-state index contributed by atoms with van der Waals surface area (Å²) in [4.78, 5) is 0. The topological polar surface area (TPSA) is 26.0 Å². The van der Waals surface area contributed by atoms with Gasteiger partial charge in [-0.05, 0) is 50.4 Å². The van der Waals surface area contributed by atoms with Crippen LogP contribution in [0.4, 0.5) is 0 Å². The summed E-state index contributed by atoms with van der Waals surface area (Å²) in [6.45, 7) is 6.89. The summed E-state index contributed by atoms with van der Waals surface area (Å²) in [7, 11) is 0. The van der Waals surface area contributed by atoms with Crippen molar-refractivity contribution in [2.45, 2.75) is 77.7 Å². The van der Waals surface area contributed by atoms with Crippen LogP contribution < -0.4 is 5.73 Å². The fraction of sp³-hybridized carbons (Fsp3) is 1.00. The number of hydrogen-bond acceptors (Lipinski definition) is 1. The van der Waals surface area contributed by atoms with E-state index in [2.05, 4.69) is 20.8 Å². The second-order valence-electron chi connectivity index (χ2n) is 6.03. The van der Waals surface area contributed by atoms with Crippen LogP contribution in [0.25, 0.3) is 0 Å². The normalized spacial score (nSPS) is 32.2. The first-order chi connectivity index (χ1) is 7.06. The van der Waals surface area contributed by atoms with Crippen LogP contribution >= 0.6 is 0 Å². The van der Waals surface area contributed by atoms with Crippen molar-refractivity contribution in [2.75, 3.05) is 0 Å². The Balaban J connectivity index is 2.27. The average molecular weight is 211 g/mol. The summed E-state index contributed by atoms with van der Waals surface area (Å²) in [5.41, 5.74) is 6.65. The van der Waals surface area contributed by atoms with Gasteiger partial charge in [0.05, 0.1) is 0 Å². The van der Waals surface area contributed by atoms with Crippen molar-refractivity contribution in [3.8, 4) is 0 Å². The molecule has 1 rings (SSSR count). The number of rotatable bonds is 5. The molecule has 0 bridgehead atoms. The van der Waals surface area contributed by atoms with Gasteiger partial charge < -0.3 is 5.73 Å². The Morgan fingerprint density at radius 3 is 2.33 bits per heavy atom. The SMILES string of the molecule is CCCC1CCC(N)(CCC(C)C)CC1. The predicted molar refractivity (Wildman–Crippen MR) is 67.9 cm³/mol. The highest BCUT2D eigenvalue weighted by molar-refractivity contribution is 4.89. The third kappa shape index (κ3) is 4.55. The molecule has 0 heterocycles. The summed E-state index contributed by atoms with van der Waals surface area (Å²) < 4.78 is 0. The number of hydrogen-bond donors (Lipinski definition) is 1. The minimum absolute atomic E-state index is 0.189. The molecule has 90 valence electrons. The standard InChI is InChI=1S/C14H29N/c1-4-5-13-7-10-14(15,11-8-13)9-6-12(2)3/h12-13H,4-11,15H2,1-3H3. The molecule has 0 saturated heterocycles. The summed E-state index contributed by atoms with van der Waals surface area (Å²) in [6.07, 6.45) is 10.6. The Morgan fingerprint density at radius 2 is 1.87 bits per heavy atom. The lowest BCUT2D eigenvalue weighted by molar-refractivity contribution is 0.204. The second-order valence-corrected chi connectivity index (χ2v) is 6.03. The van der Waals surface area contributed by atoms with Crippen molar-refractivity contribution in [3.05, 3.63) is 0 Å². The maximum absolute atomic E-state index is 6.47. The highest BCUT2D eigenvalue weighted by Gasteiger charge is 2.30. The third-order valence-electron chi connectivity index (χ3n) is 4.02. The van der Waals surface area contributed by atoms with Crippen LogP contribution in [0.15, 0.2) is 0 Å². The van der Waals surface area contributed by atoms with Crippen LogP contribution in [0.3, 0.4) is 0 Å². The van der Waals surface area contributed by atoms with Crippen LogP contribution in [-0.4, -0.2) is 5.54 Å². The Morgan fingerprint density at radius 1 is 1.27 bits per heavy atom. The quantitative estimate of drug-likeness (QED) is 0.727. The summed E-state index contributed by atoms with van der Waals surface area (Å²) >= 11 is 0. The molecule has 0 radical (unpaired) electrons. The molecule has 2 N–H and O–H groups in total. The van der Waals surface area contributed by atoms with Gasteiger partial charge in [0.25, 0.3) is 0 Å². The van der Waals surface area contributed by atoms with E-state index in [4.69, 9.17) is 5.73 Å². The van der Waals surface area contributed by atoms with E-state index >= 15 is 0 Å². The van der Waals surface area contributed by atoms with Gasteiger partial charge in [-0.2, -0.15) is 0 Å². The Hall–Kier alpha value is -0.0400. The summed E-state index contributed by atoms with van der Waals surface area (Å²) in [5.74, 6) is 1.78. The van der Waals surface area contributed by atoms with E-state index in [1.165, 1.54) is 51.4 Å².